The zero-order valence-electron chi connectivity index (χ0n) is 11.4. The zero-order valence-corrected chi connectivity index (χ0v) is 12.2. The maximum absolute atomic E-state index is 12.2. The molecule has 0 saturated carbocycles. The van der Waals surface area contributed by atoms with Crippen molar-refractivity contribution in [1.29, 1.82) is 0 Å². The topological polar surface area (TPSA) is 108 Å². The number of hydrogen-bond acceptors (Lipinski definition) is 6. The van der Waals surface area contributed by atoms with Crippen LogP contribution in [0, 0.1) is 6.92 Å². The molecule has 7 nitrogen and oxygen atoms in total. The van der Waals surface area contributed by atoms with Crippen LogP contribution in [0.2, 0.25) is 0 Å². The first-order chi connectivity index (χ1) is 10.1. The molecule has 0 bridgehead atoms. The second-order valence-corrected chi connectivity index (χ2v) is 6.10. The van der Waals surface area contributed by atoms with Gasteiger partial charge in [0.15, 0.2) is 0 Å². The van der Waals surface area contributed by atoms with Crippen LogP contribution in [0.3, 0.4) is 0 Å². The zero-order chi connectivity index (χ0) is 15.0. The van der Waals surface area contributed by atoms with Gasteiger partial charge in [0.2, 0.25) is 5.13 Å². The van der Waals surface area contributed by atoms with E-state index < -0.39 is 11.5 Å². The Hall–Kier alpha value is -2.22. The van der Waals surface area contributed by atoms with Gasteiger partial charge in [0.25, 0.3) is 11.5 Å². The van der Waals surface area contributed by atoms with Gasteiger partial charge in [-0.3, -0.25) is 14.9 Å². The summed E-state index contributed by atoms with van der Waals surface area (Å²) in [5.74, 6) is -0.884. The fraction of sp³-hybridized carbons (Fsp3) is 0.385. The van der Waals surface area contributed by atoms with E-state index in [-0.39, 0.29) is 11.3 Å². The van der Waals surface area contributed by atoms with Crippen LogP contribution in [0.4, 0.5) is 5.13 Å². The van der Waals surface area contributed by atoms with E-state index in [0.29, 0.717) is 22.1 Å². The Morgan fingerprint density at radius 3 is 2.81 bits per heavy atom. The van der Waals surface area contributed by atoms with E-state index in [1.54, 1.807) is 6.92 Å². The normalized spacial score (nSPS) is 13.8. The summed E-state index contributed by atoms with van der Waals surface area (Å²) in [7, 11) is 0. The lowest BCUT2D eigenvalue weighted by molar-refractivity contribution is 0.102. The lowest BCUT2D eigenvalue weighted by Gasteiger charge is -2.17. The molecule has 1 aliphatic rings. The second-order valence-electron chi connectivity index (χ2n) is 4.92. The summed E-state index contributed by atoms with van der Waals surface area (Å²) in [4.78, 5) is 26.9. The molecular weight excluding hydrogens is 292 g/mol. The molecule has 0 aromatic carbocycles. The van der Waals surface area contributed by atoms with E-state index in [2.05, 4.69) is 20.5 Å². The molecule has 3 rings (SSSR count). The van der Waals surface area contributed by atoms with Crippen LogP contribution in [0.25, 0.3) is 0 Å². The molecule has 2 aromatic rings. The van der Waals surface area contributed by atoms with E-state index in [4.69, 9.17) is 0 Å². The Balaban J connectivity index is 1.98. The number of anilines is 1. The molecule has 3 N–H and O–H groups in total. The highest BCUT2D eigenvalue weighted by Gasteiger charge is 2.24. The Morgan fingerprint density at radius 2 is 2.10 bits per heavy atom. The van der Waals surface area contributed by atoms with Gasteiger partial charge < -0.3 is 10.1 Å². The number of aromatic amines is 1. The quantitative estimate of drug-likeness (QED) is 0.776. The molecule has 110 valence electrons. The number of fused-ring (bicyclic) bond motifs is 1. The van der Waals surface area contributed by atoms with E-state index >= 15 is 0 Å². The van der Waals surface area contributed by atoms with Crippen molar-refractivity contribution >= 4 is 22.4 Å². The smallest absolute Gasteiger partial charge is 0.266 e. The molecule has 2 heterocycles. The Morgan fingerprint density at radius 1 is 1.33 bits per heavy atom. The van der Waals surface area contributed by atoms with Crippen molar-refractivity contribution in [3.05, 3.63) is 32.2 Å². The van der Waals surface area contributed by atoms with Crippen molar-refractivity contribution in [1.82, 2.24) is 15.2 Å². The number of amides is 1. The SMILES string of the molecule is Cc1nnc(NC(=O)c2c(O)c3c([nH]c2=O)CCCC3)s1. The molecule has 8 heteroatoms. The average Bonchev–Trinajstić information content (AvgIpc) is 2.84. The fourth-order valence-corrected chi connectivity index (χ4v) is 3.07. The van der Waals surface area contributed by atoms with Gasteiger partial charge in [0.1, 0.15) is 16.3 Å². The minimum absolute atomic E-state index is 0.216. The van der Waals surface area contributed by atoms with Crippen molar-refractivity contribution in [2.75, 3.05) is 5.32 Å². The van der Waals surface area contributed by atoms with Crippen molar-refractivity contribution in [3.8, 4) is 5.75 Å². The van der Waals surface area contributed by atoms with Crippen molar-refractivity contribution in [2.24, 2.45) is 0 Å². The second kappa shape index (κ2) is 5.28. The minimum Gasteiger partial charge on any atom is -0.507 e. The highest BCUT2D eigenvalue weighted by Crippen LogP contribution is 2.29. The molecule has 1 aliphatic carbocycles. The lowest BCUT2D eigenvalue weighted by Crippen LogP contribution is -2.26. The number of pyridine rings is 1. The molecule has 1 amide bonds. The first-order valence-corrected chi connectivity index (χ1v) is 7.46. The maximum atomic E-state index is 12.2. The predicted octanol–water partition coefficient (Wildman–Crippen LogP) is 1.37. The number of hydrogen-bond donors (Lipinski definition) is 3. The van der Waals surface area contributed by atoms with Crippen LogP contribution in [0.1, 0.15) is 39.5 Å². The van der Waals surface area contributed by atoms with Gasteiger partial charge in [0, 0.05) is 11.3 Å². The van der Waals surface area contributed by atoms with Crippen molar-refractivity contribution in [2.45, 2.75) is 32.6 Å². The molecule has 0 fully saturated rings. The fourth-order valence-electron chi connectivity index (χ4n) is 2.48. The van der Waals surface area contributed by atoms with Gasteiger partial charge in [-0.1, -0.05) is 11.3 Å². The highest BCUT2D eigenvalue weighted by atomic mass is 32.1. The number of carbonyl (C=O) groups excluding carboxylic acids is 1. The van der Waals surface area contributed by atoms with E-state index in [0.717, 1.165) is 25.0 Å². The Bertz CT molecular complexity index is 765. The highest BCUT2D eigenvalue weighted by molar-refractivity contribution is 7.15. The molecule has 0 spiro atoms. The third-order valence-electron chi connectivity index (χ3n) is 3.46. The van der Waals surface area contributed by atoms with Crippen LogP contribution < -0.4 is 10.9 Å². The molecule has 0 unspecified atom stereocenters. The van der Waals surface area contributed by atoms with E-state index in [1.807, 2.05) is 0 Å². The lowest BCUT2D eigenvalue weighted by atomic mass is 9.94. The molecule has 0 aliphatic heterocycles. The number of aromatic nitrogens is 3. The summed E-state index contributed by atoms with van der Waals surface area (Å²) in [6, 6.07) is 0. The summed E-state index contributed by atoms with van der Waals surface area (Å²) >= 11 is 1.20. The molecular formula is C13H14N4O3S. The minimum atomic E-state index is -0.668. The van der Waals surface area contributed by atoms with Gasteiger partial charge in [0.05, 0.1) is 0 Å². The van der Waals surface area contributed by atoms with E-state index in [9.17, 15) is 14.7 Å². The largest absolute Gasteiger partial charge is 0.507 e. The van der Waals surface area contributed by atoms with Crippen LogP contribution in [0.15, 0.2) is 4.79 Å². The Kier molecular flexibility index (Phi) is 3.46. The number of nitrogens with one attached hydrogen (secondary N) is 2. The summed E-state index contributed by atoms with van der Waals surface area (Å²) in [5.41, 5.74) is 0.557. The summed E-state index contributed by atoms with van der Waals surface area (Å²) < 4.78 is 0. The number of carbonyl (C=O) groups is 1. The molecule has 2 aromatic heterocycles. The summed E-state index contributed by atoms with van der Waals surface area (Å²) in [5, 5.41) is 21.3. The predicted molar refractivity (Wildman–Crippen MR) is 78.0 cm³/mol. The van der Waals surface area contributed by atoms with Crippen LogP contribution >= 0.6 is 11.3 Å². The number of nitrogens with zero attached hydrogens (tertiary/aromatic N) is 2. The van der Waals surface area contributed by atoms with Crippen molar-refractivity contribution < 1.29 is 9.90 Å². The average molecular weight is 306 g/mol. The first kappa shape index (κ1) is 13.7. The third-order valence-corrected chi connectivity index (χ3v) is 4.21. The van der Waals surface area contributed by atoms with Crippen LogP contribution in [-0.4, -0.2) is 26.2 Å². The van der Waals surface area contributed by atoms with Gasteiger partial charge in [-0.15, -0.1) is 10.2 Å². The first-order valence-electron chi connectivity index (χ1n) is 6.64. The van der Waals surface area contributed by atoms with Gasteiger partial charge in [-0.25, -0.2) is 0 Å². The van der Waals surface area contributed by atoms with Crippen molar-refractivity contribution in [3.63, 3.8) is 0 Å². The monoisotopic (exact) mass is 306 g/mol. The Labute approximate surface area is 124 Å². The van der Waals surface area contributed by atoms with Crippen LogP contribution in [0.5, 0.6) is 5.75 Å². The molecule has 21 heavy (non-hydrogen) atoms. The van der Waals surface area contributed by atoms with Gasteiger partial charge in [-0.05, 0) is 32.6 Å². The maximum Gasteiger partial charge on any atom is 0.266 e. The van der Waals surface area contributed by atoms with Gasteiger partial charge >= 0.3 is 0 Å². The number of rotatable bonds is 2. The van der Waals surface area contributed by atoms with Gasteiger partial charge in [-0.2, -0.15) is 0 Å². The van der Waals surface area contributed by atoms with E-state index in [1.165, 1.54) is 11.3 Å². The standard InChI is InChI=1S/C13H14N4O3S/c1-6-16-17-13(21-6)15-12(20)9-10(18)7-4-2-3-5-8(7)14-11(9)19/h2-5H2,1H3,(H2,14,18,19)(H,15,17,20). The van der Waals surface area contributed by atoms with Crippen LogP contribution in [-0.2, 0) is 12.8 Å². The molecule has 0 radical (unpaired) electrons. The molecule has 0 atom stereocenters. The molecule has 0 saturated heterocycles. The summed E-state index contributed by atoms with van der Waals surface area (Å²) in [6.45, 7) is 1.76. The third kappa shape index (κ3) is 2.54. The number of H-pyrrole nitrogens is 1. The summed E-state index contributed by atoms with van der Waals surface area (Å²) in [6.07, 6.45) is 3.28. The number of aryl methyl sites for hydroxylation is 2. The number of aromatic hydroxyl groups is 1.